The average Bonchev–Trinajstić information content (AvgIpc) is 2.29. The summed E-state index contributed by atoms with van der Waals surface area (Å²) in [5.74, 6) is 2.66. The predicted molar refractivity (Wildman–Crippen MR) is 66.2 cm³/mol. The Morgan fingerprint density at radius 2 is 2.35 bits per heavy atom. The molecule has 0 aromatic heterocycles. The second-order valence-electron chi connectivity index (χ2n) is 3.24. The molecule has 1 N–H and O–H groups in total. The first-order valence-electron chi connectivity index (χ1n) is 5.28. The van der Waals surface area contributed by atoms with Gasteiger partial charge < -0.3 is 10.1 Å². The Morgan fingerprint density at radius 1 is 1.59 bits per heavy atom. The molecule has 0 heterocycles. The van der Waals surface area contributed by atoms with Crippen LogP contribution in [-0.2, 0) is 0 Å². The number of rotatable bonds is 6. The summed E-state index contributed by atoms with van der Waals surface area (Å²) in [6.07, 6.45) is 5.51. The van der Waals surface area contributed by atoms with Gasteiger partial charge in [0.05, 0.1) is 11.5 Å². The van der Waals surface area contributed by atoms with Crippen molar-refractivity contribution in [2.75, 3.05) is 18.5 Å². The van der Waals surface area contributed by atoms with Crippen LogP contribution in [0.3, 0.4) is 0 Å². The first-order valence-corrected chi connectivity index (χ1v) is 5.28. The van der Waals surface area contributed by atoms with Gasteiger partial charge in [-0.2, -0.15) is 0 Å². The molecule has 0 unspecified atom stereocenters. The highest BCUT2D eigenvalue weighted by molar-refractivity contribution is 5.68. The van der Waals surface area contributed by atoms with Gasteiger partial charge in [0.15, 0.2) is 5.75 Å². The van der Waals surface area contributed by atoms with Gasteiger partial charge in [-0.3, -0.25) is 10.1 Å². The molecule has 90 valence electrons. The summed E-state index contributed by atoms with van der Waals surface area (Å²) in [6.45, 7) is 2.75. The number of terminal acetylenes is 1. The molecule has 0 aliphatic carbocycles. The second-order valence-corrected chi connectivity index (χ2v) is 3.24. The Kier molecular flexibility index (Phi) is 4.82. The maximum Gasteiger partial charge on any atom is 0.333 e. The van der Waals surface area contributed by atoms with Crippen LogP contribution in [0.15, 0.2) is 18.2 Å². The number of anilines is 1. The smallest absolute Gasteiger partial charge is 0.333 e. The van der Waals surface area contributed by atoms with E-state index in [1.54, 1.807) is 18.2 Å². The van der Waals surface area contributed by atoms with E-state index < -0.39 is 4.92 Å². The maximum atomic E-state index is 11.0. The molecule has 0 spiro atoms. The fourth-order valence-electron chi connectivity index (χ4n) is 1.38. The van der Waals surface area contributed by atoms with Crippen molar-refractivity contribution in [3.8, 4) is 18.1 Å². The van der Waals surface area contributed by atoms with Crippen molar-refractivity contribution in [1.29, 1.82) is 0 Å². The van der Waals surface area contributed by atoms with Crippen molar-refractivity contribution in [3.63, 3.8) is 0 Å². The molecule has 1 aromatic rings. The zero-order valence-corrected chi connectivity index (χ0v) is 9.60. The second kappa shape index (κ2) is 6.38. The molecule has 0 saturated heterocycles. The lowest BCUT2D eigenvalue weighted by molar-refractivity contribution is -0.384. The minimum absolute atomic E-state index is 0.0497. The lowest BCUT2D eigenvalue weighted by atomic mass is 10.2. The van der Waals surface area contributed by atoms with Gasteiger partial charge in [0.1, 0.15) is 5.69 Å². The van der Waals surface area contributed by atoms with Gasteiger partial charge in [-0.15, -0.1) is 12.3 Å². The molecule has 0 bridgehead atoms. The minimum Gasteiger partial charge on any atom is -0.486 e. The molecule has 0 atom stereocenters. The molecule has 0 radical (unpaired) electrons. The number of benzene rings is 1. The van der Waals surface area contributed by atoms with Crippen molar-refractivity contribution in [1.82, 2.24) is 0 Å². The van der Waals surface area contributed by atoms with Crippen LogP contribution in [0.5, 0.6) is 5.75 Å². The van der Waals surface area contributed by atoms with Crippen LogP contribution < -0.4 is 10.1 Å². The summed E-state index contributed by atoms with van der Waals surface area (Å²) >= 11 is 0. The summed E-state index contributed by atoms with van der Waals surface area (Å²) < 4.78 is 5.30. The van der Waals surface area contributed by atoms with Crippen molar-refractivity contribution >= 4 is 11.4 Å². The molecule has 0 fully saturated rings. The number of hydrogen-bond acceptors (Lipinski definition) is 4. The first-order chi connectivity index (χ1) is 8.20. The van der Waals surface area contributed by atoms with E-state index in [0.717, 1.165) is 0 Å². The summed E-state index contributed by atoms with van der Waals surface area (Å²) in [4.78, 5) is 10.5. The van der Waals surface area contributed by atoms with Crippen molar-refractivity contribution in [3.05, 3.63) is 28.3 Å². The predicted octanol–water partition coefficient (Wildman–Crippen LogP) is 2.43. The Hall–Kier alpha value is -2.22. The molecule has 0 aliphatic heterocycles. The minimum atomic E-state index is -0.455. The highest BCUT2D eigenvalue weighted by Crippen LogP contribution is 2.34. The van der Waals surface area contributed by atoms with Crippen molar-refractivity contribution < 1.29 is 9.66 Å². The average molecular weight is 234 g/mol. The van der Waals surface area contributed by atoms with Gasteiger partial charge in [-0.1, -0.05) is 6.07 Å². The summed E-state index contributed by atoms with van der Waals surface area (Å²) in [5.41, 5.74) is 0.405. The zero-order valence-electron chi connectivity index (χ0n) is 9.60. The van der Waals surface area contributed by atoms with Crippen LogP contribution in [0.25, 0.3) is 0 Å². The Labute approximate surface area is 99.9 Å². The van der Waals surface area contributed by atoms with Gasteiger partial charge >= 0.3 is 5.69 Å². The monoisotopic (exact) mass is 234 g/mol. The number of nitrogens with one attached hydrogen (secondary N) is 1. The highest BCUT2D eigenvalue weighted by atomic mass is 16.6. The van der Waals surface area contributed by atoms with Crippen LogP contribution in [0.2, 0.25) is 0 Å². The van der Waals surface area contributed by atoms with Crippen LogP contribution in [0.1, 0.15) is 13.3 Å². The number of nitro groups is 1. The molecular formula is C12H14N2O3. The number of nitrogens with zero attached hydrogens (tertiary/aromatic N) is 1. The fraction of sp³-hybridized carbons (Fsp3) is 0.333. The van der Waals surface area contributed by atoms with Gasteiger partial charge in [-0.05, 0) is 19.1 Å². The van der Waals surface area contributed by atoms with E-state index in [0.29, 0.717) is 18.7 Å². The van der Waals surface area contributed by atoms with Crippen LogP contribution in [0.4, 0.5) is 11.4 Å². The molecule has 5 nitrogen and oxygen atoms in total. The Balaban J connectivity index is 2.99. The molecule has 0 amide bonds. The van der Waals surface area contributed by atoms with Gasteiger partial charge in [0, 0.05) is 13.0 Å². The lowest BCUT2D eigenvalue weighted by Crippen LogP contribution is -2.04. The van der Waals surface area contributed by atoms with Crippen molar-refractivity contribution in [2.24, 2.45) is 0 Å². The molecule has 17 heavy (non-hydrogen) atoms. The van der Waals surface area contributed by atoms with E-state index in [1.165, 1.54) is 0 Å². The number of hydrogen-bond donors (Lipinski definition) is 1. The van der Waals surface area contributed by atoms with Crippen LogP contribution >= 0.6 is 0 Å². The molecule has 0 aliphatic rings. The largest absolute Gasteiger partial charge is 0.486 e. The standard InChI is InChI=1S/C12H14N2O3/c1-3-5-9-17-11-8-6-7-10(13-4-2)12(11)14(15)16/h1,6-8,13H,4-5,9H2,2H3. The normalized spacial score (nSPS) is 9.41. The van der Waals surface area contributed by atoms with E-state index in [2.05, 4.69) is 11.2 Å². The quantitative estimate of drug-likeness (QED) is 0.355. The number of nitro benzene ring substituents is 1. The summed E-state index contributed by atoms with van der Waals surface area (Å²) in [7, 11) is 0. The van der Waals surface area contributed by atoms with E-state index in [-0.39, 0.29) is 18.0 Å². The Morgan fingerprint density at radius 3 is 2.94 bits per heavy atom. The molecular weight excluding hydrogens is 220 g/mol. The molecule has 1 rings (SSSR count). The zero-order chi connectivity index (χ0) is 12.7. The third kappa shape index (κ3) is 3.38. The SMILES string of the molecule is C#CCCOc1cccc(NCC)c1[N+](=O)[O-]. The number of para-hydroxylation sites is 1. The van der Waals surface area contributed by atoms with E-state index in [9.17, 15) is 10.1 Å². The molecule has 0 saturated carbocycles. The summed E-state index contributed by atoms with van der Waals surface area (Å²) in [6, 6.07) is 4.92. The topological polar surface area (TPSA) is 64.4 Å². The van der Waals surface area contributed by atoms with Gasteiger partial charge in [0.25, 0.3) is 0 Å². The van der Waals surface area contributed by atoms with Gasteiger partial charge in [0.2, 0.25) is 0 Å². The third-order valence-electron chi connectivity index (χ3n) is 2.05. The van der Waals surface area contributed by atoms with E-state index in [4.69, 9.17) is 11.2 Å². The summed E-state index contributed by atoms with van der Waals surface area (Å²) in [5, 5.41) is 13.9. The van der Waals surface area contributed by atoms with Crippen LogP contribution in [-0.4, -0.2) is 18.1 Å². The Bertz CT molecular complexity index is 438. The van der Waals surface area contributed by atoms with E-state index >= 15 is 0 Å². The maximum absolute atomic E-state index is 11.0. The number of ether oxygens (including phenoxy) is 1. The van der Waals surface area contributed by atoms with Crippen molar-refractivity contribution in [2.45, 2.75) is 13.3 Å². The first kappa shape index (κ1) is 12.8. The van der Waals surface area contributed by atoms with E-state index in [1.807, 2.05) is 6.92 Å². The lowest BCUT2D eigenvalue weighted by Gasteiger charge is -2.09. The molecule has 5 heteroatoms. The fourth-order valence-corrected chi connectivity index (χ4v) is 1.38. The third-order valence-corrected chi connectivity index (χ3v) is 2.05. The van der Waals surface area contributed by atoms with Gasteiger partial charge in [-0.25, -0.2) is 0 Å². The highest BCUT2D eigenvalue weighted by Gasteiger charge is 2.20. The molecule has 1 aromatic carbocycles. The van der Waals surface area contributed by atoms with Crippen LogP contribution in [0, 0.1) is 22.5 Å².